The number of nitrogens with one attached hydrogen (secondary N) is 2. The summed E-state index contributed by atoms with van der Waals surface area (Å²) in [6.45, 7) is 13.7. The van der Waals surface area contributed by atoms with Crippen LogP contribution in [-0.4, -0.2) is 89.7 Å². The molecule has 1 aliphatic heterocycles. The molecule has 0 radical (unpaired) electrons. The van der Waals surface area contributed by atoms with E-state index in [2.05, 4.69) is 17.1 Å². The van der Waals surface area contributed by atoms with Crippen molar-refractivity contribution in [1.29, 1.82) is 0 Å². The van der Waals surface area contributed by atoms with Crippen molar-refractivity contribution in [1.82, 2.24) is 10.0 Å². The van der Waals surface area contributed by atoms with E-state index in [0.717, 1.165) is 18.7 Å². The summed E-state index contributed by atoms with van der Waals surface area (Å²) in [6.07, 6.45) is -0.761. The zero-order valence-corrected chi connectivity index (χ0v) is 22.7. The Morgan fingerprint density at radius 3 is 2.23 bits per heavy atom. The van der Waals surface area contributed by atoms with Gasteiger partial charge in [-0.2, -0.15) is 4.72 Å². The second-order valence-corrected chi connectivity index (χ2v) is 12.0. The molecule has 0 bridgehead atoms. The lowest BCUT2D eigenvalue weighted by Gasteiger charge is -2.37. The predicted octanol–water partition coefficient (Wildman–Crippen LogP) is 1.80. The summed E-state index contributed by atoms with van der Waals surface area (Å²) >= 11 is 0. The molecule has 1 aromatic carbocycles. The highest BCUT2D eigenvalue weighted by molar-refractivity contribution is 7.89. The number of carbonyl (C=O) groups excluding carboxylic acids is 2. The molecule has 1 aliphatic rings. The summed E-state index contributed by atoms with van der Waals surface area (Å²) in [5.41, 5.74) is 1.31. The van der Waals surface area contributed by atoms with Crippen molar-refractivity contribution < 1.29 is 36.7 Å². The Bertz CT molecular complexity index is 989. The largest absolute Gasteiger partial charge is 0.458 e. The molecule has 1 fully saturated rings. The summed E-state index contributed by atoms with van der Waals surface area (Å²) in [6, 6.07) is 2.20. The minimum atomic E-state index is -4.09. The van der Waals surface area contributed by atoms with Crippen molar-refractivity contribution in [2.75, 3.05) is 53.0 Å². The first-order valence-electron chi connectivity index (χ1n) is 11.8. The molecule has 2 rings (SSSR count). The number of nitrogens with zero attached hydrogens (tertiary/aromatic N) is 1. The number of alkyl carbamates (subject to hydrolysis) is 1. The highest BCUT2D eigenvalue weighted by atomic mass is 32.2. The van der Waals surface area contributed by atoms with E-state index in [9.17, 15) is 18.0 Å². The van der Waals surface area contributed by atoms with E-state index in [1.54, 1.807) is 46.8 Å². The quantitative estimate of drug-likeness (QED) is 0.381. The van der Waals surface area contributed by atoms with Gasteiger partial charge in [-0.05, 0) is 52.7 Å². The van der Waals surface area contributed by atoms with Crippen LogP contribution >= 0.6 is 0 Å². The monoisotopic (exact) mass is 514 g/mol. The molecule has 198 valence electrons. The second-order valence-electron chi connectivity index (χ2n) is 10.4. The van der Waals surface area contributed by atoms with Gasteiger partial charge in [-0.25, -0.2) is 13.2 Å². The lowest BCUT2D eigenvalue weighted by atomic mass is 10.1. The van der Waals surface area contributed by atoms with Gasteiger partial charge in [0.15, 0.2) is 0 Å². The third kappa shape index (κ3) is 9.06. The number of benzene rings is 1. The van der Waals surface area contributed by atoms with E-state index in [0.29, 0.717) is 35.4 Å². The van der Waals surface area contributed by atoms with Crippen molar-refractivity contribution in [2.24, 2.45) is 0 Å². The van der Waals surface area contributed by atoms with Crippen molar-refractivity contribution in [3.8, 4) is 0 Å². The molecule has 11 heteroatoms. The number of sulfonamides is 1. The predicted molar refractivity (Wildman–Crippen MR) is 132 cm³/mol. The molecule has 2 N–H and O–H groups in total. The van der Waals surface area contributed by atoms with Crippen LogP contribution in [0.4, 0.5) is 4.79 Å². The Labute approximate surface area is 208 Å². The first-order chi connectivity index (χ1) is 16.1. The first kappa shape index (κ1) is 29.0. The molecule has 0 aliphatic carbocycles. The Kier molecular flexibility index (Phi) is 9.69. The molecule has 35 heavy (non-hydrogen) atoms. The van der Waals surface area contributed by atoms with Crippen LogP contribution in [0.2, 0.25) is 0 Å². The fourth-order valence-corrected chi connectivity index (χ4v) is 5.62. The Balaban J connectivity index is 2.16. The van der Waals surface area contributed by atoms with Crippen LogP contribution in [0, 0.1) is 20.8 Å². The lowest BCUT2D eigenvalue weighted by Crippen LogP contribution is -2.54. The summed E-state index contributed by atoms with van der Waals surface area (Å²) in [5.74, 6) is -0.771. The molecule has 1 atom stereocenters. The van der Waals surface area contributed by atoms with E-state index < -0.39 is 33.7 Å². The van der Waals surface area contributed by atoms with E-state index in [-0.39, 0.29) is 18.0 Å². The number of amides is 1. The maximum Gasteiger partial charge on any atom is 0.407 e. The molecule has 1 saturated heterocycles. The third-order valence-electron chi connectivity index (χ3n) is 5.73. The number of esters is 1. The summed E-state index contributed by atoms with van der Waals surface area (Å²) in [7, 11) is -2.03. The summed E-state index contributed by atoms with van der Waals surface area (Å²) in [4.78, 5) is 25.2. The third-order valence-corrected chi connectivity index (χ3v) is 7.51. The van der Waals surface area contributed by atoms with E-state index in [1.165, 1.54) is 0 Å². The number of likely N-dealkylation sites (N-methyl/N-ethyl adjacent to an activating group) is 1. The van der Waals surface area contributed by atoms with Gasteiger partial charge >= 0.3 is 12.1 Å². The van der Waals surface area contributed by atoms with Crippen LogP contribution < -0.4 is 10.0 Å². The molecule has 1 heterocycles. The van der Waals surface area contributed by atoms with Gasteiger partial charge in [0.1, 0.15) is 37.9 Å². The topological polar surface area (TPSA) is 120 Å². The molecule has 0 unspecified atom stereocenters. The number of quaternary nitrogens is 1. The Morgan fingerprint density at radius 2 is 1.69 bits per heavy atom. The van der Waals surface area contributed by atoms with E-state index >= 15 is 0 Å². The van der Waals surface area contributed by atoms with Crippen molar-refractivity contribution in [3.05, 3.63) is 28.8 Å². The minimum Gasteiger partial charge on any atom is -0.458 e. The molecule has 1 amide bonds. The molecule has 10 nitrogen and oxygen atoms in total. The van der Waals surface area contributed by atoms with Gasteiger partial charge in [0.25, 0.3) is 0 Å². The van der Waals surface area contributed by atoms with Gasteiger partial charge in [0.2, 0.25) is 10.0 Å². The smallest absolute Gasteiger partial charge is 0.407 e. The number of aryl methyl sites for hydroxylation is 3. The van der Waals surface area contributed by atoms with Crippen molar-refractivity contribution >= 4 is 22.1 Å². The lowest BCUT2D eigenvalue weighted by molar-refractivity contribution is -0.917. The fourth-order valence-electron chi connectivity index (χ4n) is 3.98. The second kappa shape index (κ2) is 11.7. The van der Waals surface area contributed by atoms with Crippen LogP contribution in [0.25, 0.3) is 0 Å². The van der Waals surface area contributed by atoms with Crippen LogP contribution in [0.1, 0.15) is 37.5 Å². The highest BCUT2D eigenvalue weighted by Crippen LogP contribution is 2.22. The van der Waals surface area contributed by atoms with Crippen LogP contribution in [-0.2, 0) is 29.0 Å². The van der Waals surface area contributed by atoms with Gasteiger partial charge in [-0.1, -0.05) is 17.7 Å². The normalized spacial score (nSPS) is 16.9. The summed E-state index contributed by atoms with van der Waals surface area (Å²) < 4.78 is 45.7. The van der Waals surface area contributed by atoms with Gasteiger partial charge in [0, 0.05) is 6.54 Å². The van der Waals surface area contributed by atoms with Gasteiger partial charge in [-0.15, -0.1) is 0 Å². The molecule has 0 spiro atoms. The van der Waals surface area contributed by atoms with E-state index in [4.69, 9.17) is 14.2 Å². The average molecular weight is 515 g/mol. The van der Waals surface area contributed by atoms with Crippen LogP contribution in [0.5, 0.6) is 0 Å². The van der Waals surface area contributed by atoms with Gasteiger partial charge in [0.05, 0.1) is 25.2 Å². The molecular weight excluding hydrogens is 474 g/mol. The standard InChI is InChI=1S/C24H39N3O7S/c1-17-14-18(2)21(19(3)15-17)35(30,31)26-20(16-25-23(29)34-24(4,5)6)22(28)33-13-10-27(7)8-11-32-12-9-27/h14-15,20,26H,8-13,16H2,1-7H3/p+1/t20-/m0/s1. The number of hydrogen-bond donors (Lipinski definition) is 2. The number of ether oxygens (including phenoxy) is 3. The van der Waals surface area contributed by atoms with Crippen molar-refractivity contribution in [3.63, 3.8) is 0 Å². The van der Waals surface area contributed by atoms with Gasteiger partial charge in [-0.3, -0.25) is 4.79 Å². The maximum absolute atomic E-state index is 13.3. The SMILES string of the molecule is Cc1cc(C)c(S(=O)(=O)N[C@@H](CNC(=O)OC(C)(C)C)C(=O)OCC[N+]2(C)CCOCC2)c(C)c1. The Hall–Kier alpha value is -2.21. The maximum atomic E-state index is 13.3. The zero-order valence-electron chi connectivity index (χ0n) is 21.9. The highest BCUT2D eigenvalue weighted by Gasteiger charge is 2.31. The van der Waals surface area contributed by atoms with Crippen LogP contribution in [0.3, 0.4) is 0 Å². The molecule has 0 saturated carbocycles. The fraction of sp³-hybridized carbons (Fsp3) is 0.667. The number of hydrogen-bond acceptors (Lipinski definition) is 7. The number of morpholine rings is 1. The minimum absolute atomic E-state index is 0.101. The number of carbonyl (C=O) groups is 2. The molecule has 0 aromatic heterocycles. The van der Waals surface area contributed by atoms with E-state index in [1.807, 2.05) is 6.92 Å². The average Bonchev–Trinajstić information content (AvgIpc) is 2.69. The number of rotatable bonds is 9. The van der Waals surface area contributed by atoms with Crippen molar-refractivity contribution in [2.45, 2.75) is 58.1 Å². The van der Waals surface area contributed by atoms with Gasteiger partial charge < -0.3 is 24.0 Å². The Morgan fingerprint density at radius 1 is 1.11 bits per heavy atom. The van der Waals surface area contributed by atoms with Crippen LogP contribution in [0.15, 0.2) is 17.0 Å². The molecule has 1 aromatic rings. The summed E-state index contributed by atoms with van der Waals surface area (Å²) in [5, 5.41) is 2.47. The molecular formula is C24H40N3O7S+. The first-order valence-corrected chi connectivity index (χ1v) is 13.3. The zero-order chi connectivity index (χ0) is 26.4.